The average Bonchev–Trinajstić information content (AvgIpc) is 2.50. The lowest BCUT2D eigenvalue weighted by Crippen LogP contribution is -2.29. The first-order valence-electron chi connectivity index (χ1n) is 8.37. The summed E-state index contributed by atoms with van der Waals surface area (Å²) in [6.45, 7) is 8.22. The number of rotatable bonds is 8. The first-order valence-corrected chi connectivity index (χ1v) is 9.52. The van der Waals surface area contributed by atoms with Crippen molar-refractivity contribution in [3.8, 4) is 0 Å². The third kappa shape index (κ3) is 7.86. The van der Waals surface area contributed by atoms with Gasteiger partial charge in [0.1, 0.15) is 5.60 Å². The predicted molar refractivity (Wildman–Crippen MR) is 100 cm³/mol. The number of hydrogen-bond donors (Lipinski definition) is 0. The molecule has 0 fully saturated rings. The molecule has 1 aromatic carbocycles. The number of nitrogens with zero attached hydrogens (tertiary/aromatic N) is 1. The van der Waals surface area contributed by atoms with Crippen molar-refractivity contribution >= 4 is 23.6 Å². The number of carbonyl (C=O) groups excluding carboxylic acids is 2. The molecule has 24 heavy (non-hydrogen) atoms. The minimum absolute atomic E-state index is 0.0196. The molecule has 0 saturated carbocycles. The van der Waals surface area contributed by atoms with Gasteiger partial charge in [-0.25, -0.2) is 0 Å². The van der Waals surface area contributed by atoms with Crippen LogP contribution in [0.3, 0.4) is 0 Å². The SMILES string of the molecule is CCSCc1ccc(C(=O)N(C)CCCC(=O)OC(C)(C)C)cc1. The molecule has 0 bridgehead atoms. The number of amides is 1. The van der Waals surface area contributed by atoms with Crippen LogP contribution in [-0.2, 0) is 15.3 Å². The highest BCUT2D eigenvalue weighted by Crippen LogP contribution is 2.14. The molecule has 5 heteroatoms. The number of ether oxygens (including phenoxy) is 1. The molecule has 0 saturated heterocycles. The Hall–Kier alpha value is -1.49. The van der Waals surface area contributed by atoms with E-state index < -0.39 is 5.60 Å². The van der Waals surface area contributed by atoms with Crippen LogP contribution in [0, 0.1) is 0 Å². The maximum Gasteiger partial charge on any atom is 0.306 e. The van der Waals surface area contributed by atoms with Crippen LogP contribution in [0.25, 0.3) is 0 Å². The molecule has 0 aromatic heterocycles. The number of carbonyl (C=O) groups is 2. The van der Waals surface area contributed by atoms with Crippen molar-refractivity contribution in [1.82, 2.24) is 4.90 Å². The summed E-state index contributed by atoms with van der Waals surface area (Å²) in [5.74, 6) is 1.81. The maximum absolute atomic E-state index is 12.4. The van der Waals surface area contributed by atoms with Gasteiger partial charge in [0.2, 0.25) is 0 Å². The average molecular weight is 352 g/mol. The molecular formula is C19H29NO3S. The zero-order chi connectivity index (χ0) is 18.2. The summed E-state index contributed by atoms with van der Waals surface area (Å²) >= 11 is 1.86. The summed E-state index contributed by atoms with van der Waals surface area (Å²) in [4.78, 5) is 25.7. The maximum atomic E-state index is 12.4. The lowest BCUT2D eigenvalue weighted by Gasteiger charge is -2.20. The molecule has 0 unspecified atom stereocenters. The van der Waals surface area contributed by atoms with E-state index >= 15 is 0 Å². The van der Waals surface area contributed by atoms with E-state index in [1.807, 2.05) is 56.8 Å². The van der Waals surface area contributed by atoms with Crippen LogP contribution in [0.5, 0.6) is 0 Å². The minimum atomic E-state index is -0.462. The molecule has 4 nitrogen and oxygen atoms in total. The molecule has 0 aliphatic rings. The Bertz CT molecular complexity index is 535. The van der Waals surface area contributed by atoms with Crippen LogP contribution < -0.4 is 0 Å². The Balaban J connectivity index is 2.43. The van der Waals surface area contributed by atoms with E-state index in [1.165, 1.54) is 5.56 Å². The first-order chi connectivity index (χ1) is 11.2. The van der Waals surface area contributed by atoms with Crippen molar-refractivity contribution in [2.75, 3.05) is 19.3 Å². The van der Waals surface area contributed by atoms with Crippen LogP contribution in [-0.4, -0.2) is 41.7 Å². The summed E-state index contributed by atoms with van der Waals surface area (Å²) in [6.07, 6.45) is 0.921. The molecule has 0 radical (unpaired) electrons. The minimum Gasteiger partial charge on any atom is -0.460 e. The number of benzene rings is 1. The summed E-state index contributed by atoms with van der Waals surface area (Å²) < 4.78 is 5.27. The molecule has 0 aliphatic carbocycles. The van der Waals surface area contributed by atoms with Gasteiger partial charge in [0.15, 0.2) is 0 Å². The molecule has 1 amide bonds. The van der Waals surface area contributed by atoms with Gasteiger partial charge in [0, 0.05) is 31.3 Å². The highest BCUT2D eigenvalue weighted by molar-refractivity contribution is 7.98. The Labute approximate surface area is 149 Å². The predicted octanol–water partition coefficient (Wildman–Crippen LogP) is 4.13. The van der Waals surface area contributed by atoms with Gasteiger partial charge in [-0.05, 0) is 50.6 Å². The fourth-order valence-corrected chi connectivity index (χ4v) is 2.77. The van der Waals surface area contributed by atoms with Crippen LogP contribution in [0.1, 0.15) is 56.5 Å². The fourth-order valence-electron chi connectivity index (χ4n) is 2.14. The molecule has 0 spiro atoms. The van der Waals surface area contributed by atoms with Crippen molar-refractivity contribution in [2.24, 2.45) is 0 Å². The zero-order valence-corrected chi connectivity index (χ0v) is 16.2. The Morgan fingerprint density at radius 3 is 2.33 bits per heavy atom. The van der Waals surface area contributed by atoms with E-state index in [1.54, 1.807) is 11.9 Å². The molecule has 1 aromatic rings. The van der Waals surface area contributed by atoms with E-state index in [9.17, 15) is 9.59 Å². The standard InChI is InChI=1S/C19H29NO3S/c1-6-24-14-15-9-11-16(12-10-15)18(22)20(5)13-7-8-17(21)23-19(2,3)4/h9-12H,6-8,13-14H2,1-5H3. The highest BCUT2D eigenvalue weighted by Gasteiger charge is 2.17. The van der Waals surface area contributed by atoms with Crippen molar-refractivity contribution < 1.29 is 14.3 Å². The molecule has 0 atom stereocenters. The van der Waals surface area contributed by atoms with Crippen molar-refractivity contribution in [3.63, 3.8) is 0 Å². The first kappa shape index (κ1) is 20.6. The number of hydrogen-bond acceptors (Lipinski definition) is 4. The van der Waals surface area contributed by atoms with E-state index in [0.29, 0.717) is 24.9 Å². The van der Waals surface area contributed by atoms with Crippen molar-refractivity contribution in [2.45, 2.75) is 51.9 Å². The third-order valence-electron chi connectivity index (χ3n) is 3.31. The van der Waals surface area contributed by atoms with E-state index in [2.05, 4.69) is 6.92 Å². The highest BCUT2D eigenvalue weighted by atomic mass is 32.2. The lowest BCUT2D eigenvalue weighted by molar-refractivity contribution is -0.154. The monoisotopic (exact) mass is 351 g/mol. The quantitative estimate of drug-likeness (QED) is 0.661. The van der Waals surface area contributed by atoms with Gasteiger partial charge in [-0.2, -0.15) is 11.8 Å². The Morgan fingerprint density at radius 1 is 1.17 bits per heavy atom. The molecule has 1 rings (SSSR count). The second-order valence-corrected chi connectivity index (χ2v) is 8.03. The Morgan fingerprint density at radius 2 is 1.79 bits per heavy atom. The van der Waals surface area contributed by atoms with E-state index in [0.717, 1.165) is 11.5 Å². The fraction of sp³-hybridized carbons (Fsp3) is 0.579. The third-order valence-corrected chi connectivity index (χ3v) is 4.26. The van der Waals surface area contributed by atoms with Crippen molar-refractivity contribution in [3.05, 3.63) is 35.4 Å². The topological polar surface area (TPSA) is 46.6 Å². The van der Waals surface area contributed by atoms with E-state index in [-0.39, 0.29) is 11.9 Å². The van der Waals surface area contributed by atoms with Gasteiger partial charge in [-0.15, -0.1) is 0 Å². The van der Waals surface area contributed by atoms with E-state index in [4.69, 9.17) is 4.74 Å². The molecule has 0 N–H and O–H groups in total. The van der Waals surface area contributed by atoms with Crippen LogP contribution >= 0.6 is 11.8 Å². The zero-order valence-electron chi connectivity index (χ0n) is 15.4. The number of thioether (sulfide) groups is 1. The molecule has 0 aliphatic heterocycles. The van der Waals surface area contributed by atoms with Crippen LogP contribution in [0.15, 0.2) is 24.3 Å². The van der Waals surface area contributed by atoms with Gasteiger partial charge < -0.3 is 9.64 Å². The largest absolute Gasteiger partial charge is 0.460 e. The smallest absolute Gasteiger partial charge is 0.306 e. The van der Waals surface area contributed by atoms with Gasteiger partial charge >= 0.3 is 5.97 Å². The second-order valence-electron chi connectivity index (χ2n) is 6.75. The lowest BCUT2D eigenvalue weighted by atomic mass is 10.1. The normalized spacial score (nSPS) is 11.2. The summed E-state index contributed by atoms with van der Waals surface area (Å²) in [5, 5.41) is 0. The summed E-state index contributed by atoms with van der Waals surface area (Å²) in [6, 6.07) is 7.76. The van der Waals surface area contributed by atoms with Gasteiger partial charge in [0.25, 0.3) is 5.91 Å². The number of esters is 1. The van der Waals surface area contributed by atoms with Crippen LogP contribution in [0.4, 0.5) is 0 Å². The van der Waals surface area contributed by atoms with Crippen LogP contribution in [0.2, 0.25) is 0 Å². The second kappa shape index (κ2) is 9.72. The van der Waals surface area contributed by atoms with Gasteiger partial charge in [-0.1, -0.05) is 19.1 Å². The molecule has 134 valence electrons. The summed E-state index contributed by atoms with van der Waals surface area (Å²) in [7, 11) is 1.76. The molecular weight excluding hydrogens is 322 g/mol. The Kier molecular flexibility index (Phi) is 8.32. The molecule has 0 heterocycles. The van der Waals surface area contributed by atoms with Gasteiger partial charge in [-0.3, -0.25) is 9.59 Å². The summed E-state index contributed by atoms with van der Waals surface area (Å²) in [5.41, 5.74) is 1.45. The van der Waals surface area contributed by atoms with Gasteiger partial charge in [0.05, 0.1) is 0 Å². The van der Waals surface area contributed by atoms with Crippen molar-refractivity contribution in [1.29, 1.82) is 0 Å².